The minimum Gasteiger partial charge on any atom is -0.345 e. The summed E-state index contributed by atoms with van der Waals surface area (Å²) in [5.41, 5.74) is 3.75. The Morgan fingerprint density at radius 3 is 2.46 bits per heavy atom. The number of halogens is 2. The van der Waals surface area contributed by atoms with Crippen molar-refractivity contribution in [2.24, 2.45) is 0 Å². The van der Waals surface area contributed by atoms with Crippen LogP contribution in [0.4, 0.5) is 0 Å². The predicted molar refractivity (Wildman–Crippen MR) is 118 cm³/mol. The Hall–Kier alpha value is -2.44. The normalized spacial score (nSPS) is 10.9. The van der Waals surface area contributed by atoms with Gasteiger partial charge in [-0.15, -0.1) is 0 Å². The second-order valence-corrected chi connectivity index (χ2v) is 8.26. The Kier molecular flexibility index (Phi) is 5.59. The third-order valence-corrected chi connectivity index (χ3v) is 5.44. The van der Waals surface area contributed by atoms with Crippen LogP contribution in [0, 0.1) is 0 Å². The van der Waals surface area contributed by atoms with Crippen molar-refractivity contribution in [3.63, 3.8) is 0 Å². The van der Waals surface area contributed by atoms with E-state index in [2.05, 4.69) is 59.9 Å². The van der Waals surface area contributed by atoms with Crippen LogP contribution < -0.4 is 5.32 Å². The molecule has 0 aliphatic heterocycles. The molecule has 0 aliphatic rings. The molecule has 0 bridgehead atoms. The van der Waals surface area contributed by atoms with Crippen molar-refractivity contribution < 1.29 is 4.79 Å². The number of imidazole rings is 1. The lowest BCUT2D eigenvalue weighted by Gasteiger charge is -2.11. The van der Waals surface area contributed by atoms with E-state index in [1.54, 1.807) is 12.1 Å². The Balaban J connectivity index is 1.62. The predicted octanol–water partition coefficient (Wildman–Crippen LogP) is 5.54. The highest BCUT2D eigenvalue weighted by Crippen LogP contribution is 2.20. The van der Waals surface area contributed by atoms with Gasteiger partial charge in [0.25, 0.3) is 5.91 Å². The molecule has 0 atom stereocenters. The van der Waals surface area contributed by atoms with Crippen molar-refractivity contribution in [3.05, 3.63) is 98.7 Å². The number of amides is 1. The fourth-order valence-electron chi connectivity index (χ4n) is 3.15. The number of nitrogens with zero attached hydrogens (tertiary/aromatic N) is 2. The largest absolute Gasteiger partial charge is 0.345 e. The van der Waals surface area contributed by atoms with E-state index in [9.17, 15) is 4.79 Å². The molecule has 0 unspecified atom stereocenters. The van der Waals surface area contributed by atoms with Crippen LogP contribution in [0.3, 0.4) is 0 Å². The molecule has 4 rings (SSSR count). The maximum atomic E-state index is 12.5. The van der Waals surface area contributed by atoms with Gasteiger partial charge in [-0.25, -0.2) is 4.98 Å². The molecule has 140 valence electrons. The van der Waals surface area contributed by atoms with Crippen molar-refractivity contribution in [1.82, 2.24) is 14.9 Å². The van der Waals surface area contributed by atoms with Crippen LogP contribution in [-0.4, -0.2) is 15.5 Å². The molecule has 3 aromatic carbocycles. The first-order chi connectivity index (χ1) is 13.6. The molecule has 0 saturated carbocycles. The number of para-hydroxylation sites is 2. The average Bonchev–Trinajstić information content (AvgIpc) is 3.04. The summed E-state index contributed by atoms with van der Waals surface area (Å²) in [4.78, 5) is 17.3. The molecule has 0 radical (unpaired) electrons. The second-order valence-electron chi connectivity index (χ2n) is 6.43. The van der Waals surface area contributed by atoms with Crippen LogP contribution in [-0.2, 0) is 13.1 Å². The van der Waals surface area contributed by atoms with Crippen molar-refractivity contribution in [2.45, 2.75) is 13.1 Å². The maximum absolute atomic E-state index is 12.5. The van der Waals surface area contributed by atoms with Crippen molar-refractivity contribution >= 4 is 48.8 Å². The smallest absolute Gasteiger partial charge is 0.251 e. The molecular formula is C22H17Br2N3O. The van der Waals surface area contributed by atoms with Crippen LogP contribution in [0.1, 0.15) is 21.7 Å². The topological polar surface area (TPSA) is 46.9 Å². The number of benzene rings is 3. The molecule has 1 amide bonds. The second kappa shape index (κ2) is 8.29. The standard InChI is InChI=1S/C22H17Br2N3O/c23-17-7-3-5-15(11-17)14-27-20-10-2-1-9-19(20)26-21(27)13-25-22(28)16-6-4-8-18(24)12-16/h1-12H,13-14H2,(H,25,28). The Morgan fingerprint density at radius 1 is 0.929 bits per heavy atom. The van der Waals surface area contributed by atoms with E-state index >= 15 is 0 Å². The first kappa shape index (κ1) is 18.9. The number of rotatable bonds is 5. The lowest BCUT2D eigenvalue weighted by Crippen LogP contribution is -2.24. The molecule has 28 heavy (non-hydrogen) atoms. The third-order valence-electron chi connectivity index (χ3n) is 4.46. The highest BCUT2D eigenvalue weighted by atomic mass is 79.9. The lowest BCUT2D eigenvalue weighted by molar-refractivity contribution is 0.0949. The fourth-order valence-corrected chi connectivity index (χ4v) is 3.99. The van der Waals surface area contributed by atoms with Gasteiger partial charge in [-0.2, -0.15) is 0 Å². The molecule has 4 aromatic rings. The van der Waals surface area contributed by atoms with Gasteiger partial charge in [-0.05, 0) is 48.0 Å². The van der Waals surface area contributed by atoms with Crippen molar-refractivity contribution in [2.75, 3.05) is 0 Å². The number of fused-ring (bicyclic) bond motifs is 1. The molecule has 1 heterocycles. The van der Waals surface area contributed by atoms with E-state index in [-0.39, 0.29) is 5.91 Å². The molecular weight excluding hydrogens is 482 g/mol. The number of hydrogen-bond donors (Lipinski definition) is 1. The van der Waals surface area contributed by atoms with Gasteiger partial charge in [0.05, 0.1) is 17.6 Å². The average molecular weight is 499 g/mol. The number of carbonyl (C=O) groups is 1. The summed E-state index contributed by atoms with van der Waals surface area (Å²) in [6.45, 7) is 1.04. The maximum Gasteiger partial charge on any atom is 0.251 e. The summed E-state index contributed by atoms with van der Waals surface area (Å²) in [5, 5.41) is 2.99. The van der Waals surface area contributed by atoms with E-state index in [0.29, 0.717) is 18.7 Å². The van der Waals surface area contributed by atoms with Crippen molar-refractivity contribution in [1.29, 1.82) is 0 Å². The molecule has 0 aliphatic carbocycles. The molecule has 0 fully saturated rings. The monoisotopic (exact) mass is 497 g/mol. The number of aromatic nitrogens is 2. The van der Waals surface area contributed by atoms with Gasteiger partial charge in [0.1, 0.15) is 5.82 Å². The van der Waals surface area contributed by atoms with Gasteiger partial charge in [0.2, 0.25) is 0 Å². The molecule has 1 aromatic heterocycles. The zero-order chi connectivity index (χ0) is 19.5. The van der Waals surface area contributed by atoms with E-state index in [1.165, 1.54) is 0 Å². The zero-order valence-corrected chi connectivity index (χ0v) is 18.1. The van der Waals surface area contributed by atoms with Crippen LogP contribution >= 0.6 is 31.9 Å². The Labute approximate surface area is 179 Å². The van der Waals surface area contributed by atoms with Crippen molar-refractivity contribution in [3.8, 4) is 0 Å². The van der Waals surface area contributed by atoms with E-state index in [1.807, 2.05) is 42.5 Å². The molecule has 0 spiro atoms. The van der Waals surface area contributed by atoms with Gasteiger partial charge >= 0.3 is 0 Å². The van der Waals surface area contributed by atoms with Crippen LogP contribution in [0.25, 0.3) is 11.0 Å². The quantitative estimate of drug-likeness (QED) is 0.392. The molecule has 0 saturated heterocycles. The zero-order valence-electron chi connectivity index (χ0n) is 14.9. The summed E-state index contributed by atoms with van der Waals surface area (Å²) in [5.74, 6) is 0.701. The van der Waals surface area contributed by atoms with Gasteiger partial charge < -0.3 is 9.88 Å². The van der Waals surface area contributed by atoms with Crippen LogP contribution in [0.5, 0.6) is 0 Å². The fraction of sp³-hybridized carbons (Fsp3) is 0.0909. The van der Waals surface area contributed by atoms with E-state index < -0.39 is 0 Å². The molecule has 1 N–H and O–H groups in total. The number of nitrogens with one attached hydrogen (secondary N) is 1. The molecule has 6 heteroatoms. The minimum absolute atomic E-state index is 0.123. The number of carbonyl (C=O) groups excluding carboxylic acids is 1. The highest BCUT2D eigenvalue weighted by Gasteiger charge is 2.13. The number of hydrogen-bond acceptors (Lipinski definition) is 2. The first-order valence-electron chi connectivity index (χ1n) is 8.82. The summed E-state index contributed by atoms with van der Waals surface area (Å²) in [6.07, 6.45) is 0. The Bertz CT molecular complexity index is 1150. The first-order valence-corrected chi connectivity index (χ1v) is 10.4. The summed E-state index contributed by atoms with van der Waals surface area (Å²) in [7, 11) is 0. The molecule has 4 nitrogen and oxygen atoms in total. The van der Waals surface area contributed by atoms with Crippen LogP contribution in [0.2, 0.25) is 0 Å². The van der Waals surface area contributed by atoms with E-state index in [0.717, 1.165) is 31.4 Å². The SMILES string of the molecule is O=C(NCc1nc2ccccc2n1Cc1cccc(Br)c1)c1cccc(Br)c1. The van der Waals surface area contributed by atoms with Crippen LogP contribution in [0.15, 0.2) is 81.7 Å². The Morgan fingerprint density at radius 2 is 1.68 bits per heavy atom. The van der Waals surface area contributed by atoms with E-state index in [4.69, 9.17) is 4.98 Å². The summed E-state index contributed by atoms with van der Waals surface area (Å²) < 4.78 is 4.07. The summed E-state index contributed by atoms with van der Waals surface area (Å²) in [6, 6.07) is 23.6. The van der Waals surface area contributed by atoms with Gasteiger partial charge in [0.15, 0.2) is 0 Å². The van der Waals surface area contributed by atoms with Gasteiger partial charge in [0, 0.05) is 21.1 Å². The van der Waals surface area contributed by atoms with Gasteiger partial charge in [-0.1, -0.05) is 62.2 Å². The summed E-state index contributed by atoms with van der Waals surface area (Å²) >= 11 is 6.93. The highest BCUT2D eigenvalue weighted by molar-refractivity contribution is 9.10. The van der Waals surface area contributed by atoms with Gasteiger partial charge in [-0.3, -0.25) is 4.79 Å². The third kappa shape index (κ3) is 4.18. The lowest BCUT2D eigenvalue weighted by atomic mass is 10.2. The minimum atomic E-state index is -0.123.